The van der Waals surface area contributed by atoms with Crippen LogP contribution >= 0.6 is 16.1 Å². The van der Waals surface area contributed by atoms with Gasteiger partial charge in [0.15, 0.2) is 0 Å². The average Bonchev–Trinajstić information content (AvgIpc) is 2.80. The Hall–Kier alpha value is -2.16. The van der Waals surface area contributed by atoms with E-state index < -0.39 is 33.3 Å². The third-order valence-electron chi connectivity index (χ3n) is 4.17. The fraction of sp³-hybridized carbons (Fsp3) is 0.619. The van der Waals surface area contributed by atoms with Crippen LogP contribution in [0, 0.1) is 11.3 Å². The van der Waals surface area contributed by atoms with Crippen LogP contribution in [0.1, 0.15) is 40.5 Å². The average molecular weight is 550 g/mol. The summed E-state index contributed by atoms with van der Waals surface area (Å²) in [5, 5.41) is 8.67. The monoisotopic (exact) mass is 549 g/mol. The number of nitrogens with two attached hydrogens (primary N) is 1. The van der Waals surface area contributed by atoms with E-state index in [0.717, 1.165) is 10.6 Å². The van der Waals surface area contributed by atoms with Crippen molar-refractivity contribution < 1.29 is 27.5 Å². The molecule has 1 atom stereocenters. The Bertz CT molecular complexity index is 1000. The molecule has 0 aliphatic heterocycles. The van der Waals surface area contributed by atoms with Crippen LogP contribution in [-0.4, -0.2) is 59.6 Å². The number of primary amides is 1. The molecule has 36 heavy (non-hydrogen) atoms. The van der Waals surface area contributed by atoms with Gasteiger partial charge in [-0.2, -0.15) is 5.26 Å². The molecule has 1 amide bonds. The van der Waals surface area contributed by atoms with Crippen LogP contribution in [0.15, 0.2) is 33.7 Å². The third kappa shape index (κ3) is 13.8. The van der Waals surface area contributed by atoms with E-state index in [1.165, 1.54) is 26.2 Å². The first-order valence-electron chi connectivity index (χ1n) is 11.1. The number of nitrogens with one attached hydrogen (secondary N) is 1. The maximum Gasteiger partial charge on any atom is 0.353 e. The molecule has 1 unspecified atom stereocenters. The summed E-state index contributed by atoms with van der Waals surface area (Å²) < 4.78 is 36.4. The molecule has 1 aromatic rings. The summed E-state index contributed by atoms with van der Waals surface area (Å²) in [5.74, 6) is 0.793. The van der Waals surface area contributed by atoms with Crippen LogP contribution in [0.3, 0.4) is 0 Å². The summed E-state index contributed by atoms with van der Waals surface area (Å²) in [6.45, 7) is 8.86. The number of nitrogens with zero attached hydrogens (tertiary/aromatic N) is 3. The molecule has 0 spiro atoms. The van der Waals surface area contributed by atoms with Gasteiger partial charge in [0.25, 0.3) is 14.1 Å². The number of rotatable bonds is 15. The van der Waals surface area contributed by atoms with Crippen molar-refractivity contribution in [2.45, 2.75) is 59.2 Å². The molecule has 0 saturated heterocycles. The van der Waals surface area contributed by atoms with Gasteiger partial charge in [0.1, 0.15) is 6.54 Å². The van der Waals surface area contributed by atoms with Gasteiger partial charge in [-0.15, -0.1) is 0 Å². The van der Waals surface area contributed by atoms with Crippen LogP contribution in [0.5, 0.6) is 0 Å². The van der Waals surface area contributed by atoms with Gasteiger partial charge >= 0.3 is 13.3 Å². The van der Waals surface area contributed by atoms with Gasteiger partial charge in [-0.25, -0.2) is 9.46 Å². The molecule has 0 bridgehead atoms. The van der Waals surface area contributed by atoms with Crippen molar-refractivity contribution in [3.05, 3.63) is 45.0 Å². The van der Waals surface area contributed by atoms with Gasteiger partial charge in [0.05, 0.1) is 25.7 Å². The highest BCUT2D eigenvalue weighted by Gasteiger charge is 2.26. The lowest BCUT2D eigenvalue weighted by atomic mass is 10.3. The van der Waals surface area contributed by atoms with Crippen LogP contribution in [0.25, 0.3) is 0 Å². The van der Waals surface area contributed by atoms with Crippen LogP contribution in [0.4, 0.5) is 0 Å². The van der Waals surface area contributed by atoms with Gasteiger partial charge in [-0.3, -0.25) is 23.7 Å². The molecule has 204 valence electrons. The van der Waals surface area contributed by atoms with Crippen molar-refractivity contribution in [2.24, 2.45) is 5.73 Å². The predicted octanol–water partition coefficient (Wildman–Crippen LogP) is 2.69. The van der Waals surface area contributed by atoms with Crippen LogP contribution in [-0.2, 0) is 34.0 Å². The lowest BCUT2D eigenvalue weighted by Crippen LogP contribution is -2.33. The quantitative estimate of drug-likeness (QED) is 0.244. The van der Waals surface area contributed by atoms with E-state index in [9.17, 15) is 18.9 Å². The van der Waals surface area contributed by atoms with Gasteiger partial charge < -0.3 is 23.8 Å². The molecule has 1 aromatic heterocycles. The molecular formula is C21H37N5O8P2. The summed E-state index contributed by atoms with van der Waals surface area (Å²) in [6.07, 6.45) is 3.82. The highest BCUT2D eigenvalue weighted by Crippen LogP contribution is 2.48. The Morgan fingerprint density at radius 3 is 2.28 bits per heavy atom. The summed E-state index contributed by atoms with van der Waals surface area (Å²) in [6, 6.07) is 3.73. The van der Waals surface area contributed by atoms with E-state index in [2.05, 4.69) is 38.4 Å². The zero-order chi connectivity index (χ0) is 27.7. The lowest BCUT2D eigenvalue weighted by Gasteiger charge is -2.35. The minimum atomic E-state index is -3.13. The zero-order valence-corrected chi connectivity index (χ0v) is 23.4. The van der Waals surface area contributed by atoms with Crippen molar-refractivity contribution in [2.75, 3.05) is 27.4 Å². The molecule has 1 heterocycles. The molecule has 0 aromatic carbocycles. The summed E-state index contributed by atoms with van der Waals surface area (Å²) in [4.78, 5) is 33.8. The SMILES string of the molecule is COP(=O)(/C=C/CCOP(OCCC#N)N(C(C)C)C(C)C)OC.NC(=O)Cn1ccc(=O)[nH]c1=O. The lowest BCUT2D eigenvalue weighted by molar-refractivity contribution is -0.118. The first kappa shape index (κ1) is 33.8. The molecular weight excluding hydrogens is 512 g/mol. The first-order valence-corrected chi connectivity index (χ1v) is 13.8. The molecule has 0 aliphatic carbocycles. The van der Waals surface area contributed by atoms with E-state index >= 15 is 0 Å². The van der Waals surface area contributed by atoms with Crippen molar-refractivity contribution >= 4 is 22.0 Å². The van der Waals surface area contributed by atoms with E-state index in [4.69, 9.17) is 29.1 Å². The van der Waals surface area contributed by atoms with Crippen molar-refractivity contribution in [3.63, 3.8) is 0 Å². The predicted molar refractivity (Wildman–Crippen MR) is 137 cm³/mol. The minimum absolute atomic E-state index is 0.227. The second-order valence-electron chi connectivity index (χ2n) is 7.66. The maximum atomic E-state index is 11.9. The van der Waals surface area contributed by atoms with E-state index in [1.54, 1.807) is 6.08 Å². The molecule has 13 nitrogen and oxygen atoms in total. The molecule has 15 heteroatoms. The fourth-order valence-corrected chi connectivity index (χ4v) is 5.05. The topological polar surface area (TPSA) is 179 Å². The number of carbonyl (C=O) groups excluding carboxylic acids is 1. The van der Waals surface area contributed by atoms with Crippen LogP contribution in [0.2, 0.25) is 0 Å². The summed E-state index contributed by atoms with van der Waals surface area (Å²) in [7, 11) is -1.69. The number of amides is 1. The second kappa shape index (κ2) is 18.1. The third-order valence-corrected chi connectivity index (χ3v) is 7.87. The summed E-state index contributed by atoms with van der Waals surface area (Å²) in [5.41, 5.74) is 3.70. The van der Waals surface area contributed by atoms with E-state index in [1.807, 2.05) is 4.98 Å². The van der Waals surface area contributed by atoms with Gasteiger partial charge in [0, 0.05) is 44.4 Å². The van der Waals surface area contributed by atoms with Crippen molar-refractivity contribution in [1.82, 2.24) is 14.2 Å². The largest absolute Gasteiger partial charge is 0.368 e. The van der Waals surface area contributed by atoms with E-state index in [-0.39, 0.29) is 18.6 Å². The highest BCUT2D eigenvalue weighted by molar-refractivity contribution is 7.57. The molecule has 3 N–H and O–H groups in total. The van der Waals surface area contributed by atoms with Gasteiger partial charge in [-0.05, 0) is 34.1 Å². The number of nitriles is 1. The normalized spacial score (nSPS) is 12.6. The molecule has 1 rings (SSSR count). The Labute approximate surface area is 212 Å². The molecule has 0 saturated carbocycles. The number of H-pyrrole nitrogens is 1. The fourth-order valence-electron chi connectivity index (χ4n) is 2.65. The molecule has 0 aliphatic rings. The molecule has 0 radical (unpaired) electrons. The standard InChI is InChI=1S/C15H30N2O5P2.C6H7N3O3/c1-14(2)17(15(3)4)23(22-12-9-10-16)21-11-7-8-13-24(18,19-5)20-6;7-4(10)3-9-2-1-5(11)8-6(9)12/h8,13-15H,7,9,11-12H2,1-6H3;1-2H,3H2,(H2,7,10)(H,8,11,12)/b13-8+;. The number of hydrogen-bond acceptors (Lipinski definition) is 10. The number of aromatic amines is 1. The van der Waals surface area contributed by atoms with Crippen molar-refractivity contribution in [1.29, 1.82) is 5.26 Å². The maximum absolute atomic E-state index is 11.9. The van der Waals surface area contributed by atoms with Gasteiger partial charge in [0.2, 0.25) is 5.91 Å². The smallest absolute Gasteiger partial charge is 0.353 e. The van der Waals surface area contributed by atoms with E-state index in [0.29, 0.717) is 26.1 Å². The Morgan fingerprint density at radius 2 is 1.81 bits per heavy atom. The number of aromatic nitrogens is 2. The minimum Gasteiger partial charge on any atom is -0.368 e. The Balaban J connectivity index is 0.000000846. The second-order valence-corrected chi connectivity index (χ2v) is 11.2. The summed E-state index contributed by atoms with van der Waals surface area (Å²) >= 11 is 0. The van der Waals surface area contributed by atoms with Crippen molar-refractivity contribution in [3.8, 4) is 6.07 Å². The van der Waals surface area contributed by atoms with Gasteiger partial charge in [-0.1, -0.05) is 6.08 Å². The highest BCUT2D eigenvalue weighted by atomic mass is 31.2. The molecule has 0 fully saturated rings. The number of hydrogen-bond donors (Lipinski definition) is 2. The van der Waals surface area contributed by atoms with Crippen LogP contribution < -0.4 is 17.0 Å². The number of carbonyl (C=O) groups is 1. The zero-order valence-electron chi connectivity index (χ0n) is 21.6. The Morgan fingerprint density at radius 1 is 1.22 bits per heavy atom. The first-order chi connectivity index (χ1) is 16.9. The Kier molecular flexibility index (Phi) is 17.1.